The van der Waals surface area contributed by atoms with E-state index in [0.717, 1.165) is 0 Å². The Morgan fingerprint density at radius 2 is 2.12 bits per heavy atom. The molecule has 80 valence electrons. The molecule has 0 aliphatic heterocycles. The fourth-order valence-electron chi connectivity index (χ4n) is 1.07. The minimum atomic E-state index is -0.199. The van der Waals surface area contributed by atoms with Crippen LogP contribution in [-0.2, 0) is 0 Å². The average Bonchev–Trinajstić information content (AvgIpc) is 2.88. The van der Waals surface area contributed by atoms with Crippen LogP contribution >= 0.6 is 0 Å². The van der Waals surface area contributed by atoms with Gasteiger partial charge in [-0.2, -0.15) is 0 Å². The van der Waals surface area contributed by atoms with E-state index in [1.165, 1.54) is 12.5 Å². The van der Waals surface area contributed by atoms with E-state index in [4.69, 9.17) is 0 Å². The highest BCUT2D eigenvalue weighted by atomic mass is 16.5. The molecule has 0 fully saturated rings. The summed E-state index contributed by atoms with van der Waals surface area (Å²) in [7, 11) is 0. The molecule has 0 atom stereocenters. The Hall–Kier alpha value is -2.57. The van der Waals surface area contributed by atoms with E-state index in [0.29, 0.717) is 10.9 Å². The summed E-state index contributed by atoms with van der Waals surface area (Å²) < 4.78 is 4.22. The van der Waals surface area contributed by atoms with Gasteiger partial charge in [0, 0.05) is 5.27 Å². The summed E-state index contributed by atoms with van der Waals surface area (Å²) >= 11 is 0. The van der Waals surface area contributed by atoms with Crippen LogP contribution in [0.3, 0.4) is 0 Å². The molecule has 2 heterocycles. The van der Waals surface area contributed by atoms with Crippen LogP contribution in [0.15, 0.2) is 46.0 Å². The van der Waals surface area contributed by atoms with Gasteiger partial charge in [-0.3, -0.25) is 4.79 Å². The largest absolute Gasteiger partial charge is 0.346 e. The lowest BCUT2D eigenvalue weighted by Crippen LogP contribution is -2.09. The Balaban J connectivity index is 0.000000162. The second-order valence-electron chi connectivity index (χ2n) is 2.75. The number of rotatable bonds is 0. The van der Waals surface area contributed by atoms with Gasteiger partial charge in [0.2, 0.25) is 0 Å². The molecule has 7 nitrogen and oxygen atoms in total. The van der Waals surface area contributed by atoms with E-state index in [-0.39, 0.29) is 5.56 Å². The minimum absolute atomic E-state index is 0.199. The highest BCUT2D eigenvalue weighted by Crippen LogP contribution is 2.01. The van der Waals surface area contributed by atoms with Crippen molar-refractivity contribution in [2.45, 2.75) is 0 Å². The summed E-state index contributed by atoms with van der Waals surface area (Å²) in [6.45, 7) is 0. The Kier molecular flexibility index (Phi) is 2.98. The van der Waals surface area contributed by atoms with Crippen LogP contribution in [0.25, 0.3) is 10.9 Å². The van der Waals surface area contributed by atoms with Gasteiger partial charge >= 0.3 is 0 Å². The Labute approximate surface area is 89.1 Å². The molecule has 0 bridgehead atoms. The number of nitrogens with zero attached hydrogens (tertiary/aromatic N) is 4. The molecule has 1 aromatic carbocycles. The van der Waals surface area contributed by atoms with E-state index in [9.17, 15) is 4.79 Å². The second kappa shape index (κ2) is 4.78. The zero-order valence-corrected chi connectivity index (χ0v) is 8.07. The van der Waals surface area contributed by atoms with Crippen LogP contribution in [0, 0.1) is 0 Å². The lowest BCUT2D eigenvalue weighted by Gasteiger charge is -1.89. The van der Waals surface area contributed by atoms with Gasteiger partial charge in [-0.15, -0.1) is 10.2 Å². The molecule has 0 amide bonds. The first-order valence-corrected chi connectivity index (χ1v) is 4.39. The monoisotopic (exact) mass is 217 g/mol. The third kappa shape index (κ3) is 2.27. The van der Waals surface area contributed by atoms with Crippen molar-refractivity contribution in [2.24, 2.45) is 0 Å². The number of H-pyrrole nitrogens is 1. The number of hydrogen-bond donors (Lipinski definition) is 1. The Bertz CT molecular complexity index is 582. The van der Waals surface area contributed by atoms with E-state index in [1.807, 2.05) is 6.07 Å². The molecule has 0 saturated carbocycles. The van der Waals surface area contributed by atoms with Gasteiger partial charge in [0.1, 0.15) is 11.8 Å². The van der Waals surface area contributed by atoms with Crippen LogP contribution in [0.4, 0.5) is 0 Å². The topological polar surface area (TPSA) is 97.6 Å². The predicted molar refractivity (Wildman–Crippen MR) is 54.5 cm³/mol. The molecule has 0 aliphatic rings. The van der Waals surface area contributed by atoms with Gasteiger partial charge in [0.05, 0.1) is 11.6 Å². The molecule has 1 N–H and O–H groups in total. The molecular formula is C9H7N5O2. The summed E-state index contributed by atoms with van der Waals surface area (Å²) in [6.07, 6.45) is 2.88. The van der Waals surface area contributed by atoms with Gasteiger partial charge in [0.15, 0.2) is 0 Å². The Morgan fingerprint density at radius 3 is 2.75 bits per heavy atom. The van der Waals surface area contributed by atoms with E-state index in [2.05, 4.69) is 30.3 Å². The first-order chi connectivity index (χ1) is 7.88. The van der Waals surface area contributed by atoms with Crippen LogP contribution < -0.4 is 5.56 Å². The summed E-state index contributed by atoms with van der Waals surface area (Å²) in [5.74, 6) is 0. The average molecular weight is 217 g/mol. The number of aromatic amines is 1. The lowest BCUT2D eigenvalue weighted by molar-refractivity contribution is 0.393. The highest BCUT2D eigenvalue weighted by Gasteiger charge is 1.95. The number of benzene rings is 1. The number of hydrogen-bond acceptors (Lipinski definition) is 6. The highest BCUT2D eigenvalue weighted by molar-refractivity contribution is 5.76. The van der Waals surface area contributed by atoms with Crippen molar-refractivity contribution in [3.63, 3.8) is 0 Å². The van der Waals surface area contributed by atoms with E-state index < -0.39 is 0 Å². The summed E-state index contributed by atoms with van der Waals surface area (Å²) in [6, 6.07) is 7.07. The summed E-state index contributed by atoms with van der Waals surface area (Å²) in [5, 5.41) is 16.4. The molecular weight excluding hydrogens is 210 g/mol. The standard InChI is InChI=1S/C7H5N3O.C2H2N2O/c11-7-5-3-1-2-4-6(5)8-10-9-7;1-2-5-4-3-1/h1-4H,(H,8,9,11);1-2H. The normalized spacial score (nSPS) is 9.50. The lowest BCUT2D eigenvalue weighted by atomic mass is 10.2. The van der Waals surface area contributed by atoms with E-state index in [1.54, 1.807) is 18.2 Å². The van der Waals surface area contributed by atoms with Crippen molar-refractivity contribution in [2.75, 3.05) is 0 Å². The maximum absolute atomic E-state index is 11.0. The Morgan fingerprint density at radius 1 is 1.25 bits per heavy atom. The molecule has 7 heteroatoms. The molecule has 0 unspecified atom stereocenters. The molecule has 0 saturated heterocycles. The molecule has 2 aromatic heterocycles. The van der Waals surface area contributed by atoms with Gasteiger partial charge in [-0.25, -0.2) is 5.10 Å². The van der Waals surface area contributed by atoms with E-state index >= 15 is 0 Å². The summed E-state index contributed by atoms with van der Waals surface area (Å²) in [5.41, 5.74) is 0.423. The van der Waals surface area contributed by atoms with Gasteiger partial charge in [-0.05, 0) is 12.1 Å². The molecule has 0 spiro atoms. The van der Waals surface area contributed by atoms with Crippen LogP contribution in [0.2, 0.25) is 0 Å². The first kappa shape index (κ1) is 9.97. The third-order valence-corrected chi connectivity index (χ3v) is 1.74. The van der Waals surface area contributed by atoms with Gasteiger partial charge < -0.3 is 4.52 Å². The van der Waals surface area contributed by atoms with Gasteiger partial charge in [-0.1, -0.05) is 17.3 Å². The predicted octanol–water partition coefficient (Wildman–Crippen LogP) is 0.388. The SMILES string of the molecule is O=c1[nH]nnc2ccccc12.c1conn1. The maximum Gasteiger partial charge on any atom is 0.275 e. The number of aromatic nitrogens is 5. The fourth-order valence-corrected chi connectivity index (χ4v) is 1.07. The minimum Gasteiger partial charge on any atom is -0.346 e. The van der Waals surface area contributed by atoms with Crippen LogP contribution in [0.1, 0.15) is 0 Å². The van der Waals surface area contributed by atoms with Crippen LogP contribution in [-0.4, -0.2) is 25.8 Å². The smallest absolute Gasteiger partial charge is 0.275 e. The first-order valence-electron chi connectivity index (χ1n) is 4.39. The second-order valence-corrected chi connectivity index (χ2v) is 2.75. The van der Waals surface area contributed by atoms with Crippen molar-refractivity contribution >= 4 is 10.9 Å². The molecule has 3 aromatic rings. The third-order valence-electron chi connectivity index (χ3n) is 1.74. The van der Waals surface area contributed by atoms with Crippen molar-refractivity contribution in [3.05, 3.63) is 47.1 Å². The molecule has 0 radical (unpaired) electrons. The maximum atomic E-state index is 11.0. The van der Waals surface area contributed by atoms with Crippen LogP contribution in [0.5, 0.6) is 0 Å². The number of nitrogens with one attached hydrogen (secondary N) is 1. The summed E-state index contributed by atoms with van der Waals surface area (Å²) in [4.78, 5) is 11.0. The quantitative estimate of drug-likeness (QED) is 0.584. The van der Waals surface area contributed by atoms with Crippen molar-refractivity contribution in [1.29, 1.82) is 0 Å². The van der Waals surface area contributed by atoms with Crippen molar-refractivity contribution < 1.29 is 4.52 Å². The molecule has 3 rings (SSSR count). The van der Waals surface area contributed by atoms with Crippen molar-refractivity contribution in [1.82, 2.24) is 25.8 Å². The zero-order valence-electron chi connectivity index (χ0n) is 8.07. The van der Waals surface area contributed by atoms with Crippen molar-refractivity contribution in [3.8, 4) is 0 Å². The fraction of sp³-hybridized carbons (Fsp3) is 0. The molecule has 16 heavy (non-hydrogen) atoms. The number of fused-ring (bicyclic) bond motifs is 1. The zero-order chi connectivity index (χ0) is 11.2. The van der Waals surface area contributed by atoms with Gasteiger partial charge in [0.25, 0.3) is 5.56 Å². The molecule has 0 aliphatic carbocycles.